The number of carboxylic acid groups (broad SMARTS) is 1. The average molecular weight is 288 g/mol. The molecule has 0 bridgehead atoms. The number of nitrogens with one attached hydrogen (secondary N) is 1. The normalized spacial score (nSPS) is 10.3. The van der Waals surface area contributed by atoms with E-state index < -0.39 is 11.5 Å². The van der Waals surface area contributed by atoms with Crippen LogP contribution < -0.4 is 10.3 Å². The summed E-state index contributed by atoms with van der Waals surface area (Å²) >= 11 is 0. The van der Waals surface area contributed by atoms with E-state index in [0.717, 1.165) is 18.2 Å². The molecule has 2 aromatic rings. The molecule has 6 nitrogen and oxygen atoms in total. The number of H-pyrrole nitrogens is 1. The summed E-state index contributed by atoms with van der Waals surface area (Å²) in [7, 11) is 0. The minimum Gasteiger partial charge on any atom is -0.493 e. The molecular weight excluding hydrogens is 272 g/mol. The minimum atomic E-state index is -1.22. The fraction of sp³-hybridized carbons (Fsp3) is 0.267. The predicted molar refractivity (Wildman–Crippen MR) is 76.8 cm³/mol. The molecule has 0 radical (unpaired) electrons. The molecule has 21 heavy (non-hydrogen) atoms. The summed E-state index contributed by atoms with van der Waals surface area (Å²) in [5.74, 6) is -0.201. The topological polar surface area (TPSA) is 92.3 Å². The van der Waals surface area contributed by atoms with Crippen molar-refractivity contribution in [1.29, 1.82) is 0 Å². The number of carboxylic acids is 1. The maximum atomic E-state index is 11.3. The molecule has 0 fully saturated rings. The van der Waals surface area contributed by atoms with Gasteiger partial charge in [0.1, 0.15) is 11.6 Å². The van der Waals surface area contributed by atoms with Gasteiger partial charge in [-0.2, -0.15) is 0 Å². The molecule has 0 aliphatic carbocycles. The van der Waals surface area contributed by atoms with Gasteiger partial charge in [-0.25, -0.2) is 9.78 Å². The number of aromatic carboxylic acids is 1. The van der Waals surface area contributed by atoms with Gasteiger partial charge >= 0.3 is 5.97 Å². The lowest BCUT2D eigenvalue weighted by molar-refractivity contribution is 0.0689. The molecule has 0 spiro atoms. The summed E-state index contributed by atoms with van der Waals surface area (Å²) in [5.41, 5.74) is 0.480. The van der Waals surface area contributed by atoms with Gasteiger partial charge < -0.3 is 14.8 Å². The molecule has 0 aliphatic heterocycles. The van der Waals surface area contributed by atoms with E-state index in [2.05, 4.69) is 16.9 Å². The molecule has 2 N–H and O–H groups in total. The number of aromatic nitrogens is 2. The van der Waals surface area contributed by atoms with Crippen LogP contribution in [0.1, 0.15) is 28.8 Å². The summed E-state index contributed by atoms with van der Waals surface area (Å²) < 4.78 is 5.54. The molecule has 0 saturated heterocycles. The number of aryl methyl sites for hydroxylation is 1. The molecule has 0 atom stereocenters. The molecule has 0 saturated carbocycles. The minimum absolute atomic E-state index is 0.263. The van der Waals surface area contributed by atoms with Crippen molar-refractivity contribution in [3.8, 4) is 5.75 Å². The van der Waals surface area contributed by atoms with E-state index in [4.69, 9.17) is 9.84 Å². The molecule has 1 aromatic carbocycles. The molecular formula is C15H16N2O4. The van der Waals surface area contributed by atoms with Gasteiger partial charge in [-0.3, -0.25) is 4.79 Å². The molecule has 0 amide bonds. The third-order valence-electron chi connectivity index (χ3n) is 2.95. The number of aromatic amines is 1. The van der Waals surface area contributed by atoms with Gasteiger partial charge in [0.2, 0.25) is 0 Å². The molecule has 2 rings (SSSR count). The zero-order valence-electron chi connectivity index (χ0n) is 11.6. The van der Waals surface area contributed by atoms with Crippen LogP contribution in [0.4, 0.5) is 0 Å². The van der Waals surface area contributed by atoms with Crippen LogP contribution in [0.5, 0.6) is 5.75 Å². The lowest BCUT2D eigenvalue weighted by Gasteiger charge is -2.06. The lowest BCUT2D eigenvalue weighted by atomic mass is 10.2. The van der Waals surface area contributed by atoms with Crippen molar-refractivity contribution in [2.45, 2.75) is 19.8 Å². The Balaban J connectivity index is 1.96. The van der Waals surface area contributed by atoms with Crippen molar-refractivity contribution in [3.63, 3.8) is 0 Å². The van der Waals surface area contributed by atoms with E-state index >= 15 is 0 Å². The van der Waals surface area contributed by atoms with E-state index in [9.17, 15) is 9.59 Å². The second-order valence-electron chi connectivity index (χ2n) is 4.48. The van der Waals surface area contributed by atoms with Gasteiger partial charge in [0.25, 0.3) is 5.56 Å². The highest BCUT2D eigenvalue weighted by Crippen LogP contribution is 2.12. The van der Waals surface area contributed by atoms with Crippen molar-refractivity contribution in [3.05, 3.63) is 57.8 Å². The second-order valence-corrected chi connectivity index (χ2v) is 4.48. The Labute approximate surface area is 121 Å². The van der Waals surface area contributed by atoms with Crippen LogP contribution >= 0.6 is 0 Å². The largest absolute Gasteiger partial charge is 0.493 e. The van der Waals surface area contributed by atoms with Gasteiger partial charge in [-0.15, -0.1) is 0 Å². The smallest absolute Gasteiger partial charge is 0.354 e. The Kier molecular flexibility index (Phi) is 4.71. The van der Waals surface area contributed by atoms with Crippen LogP contribution in [-0.2, 0) is 12.8 Å². The van der Waals surface area contributed by atoms with Gasteiger partial charge in [0.15, 0.2) is 5.69 Å². The predicted octanol–water partition coefficient (Wildman–Crippen LogP) is 1.65. The number of hydrogen-bond donors (Lipinski definition) is 2. The molecule has 6 heteroatoms. The molecule has 1 heterocycles. The highest BCUT2D eigenvalue weighted by Gasteiger charge is 2.08. The van der Waals surface area contributed by atoms with Crippen LogP contribution in [0.25, 0.3) is 0 Å². The summed E-state index contributed by atoms with van der Waals surface area (Å²) in [6.07, 6.45) is 1.29. The maximum Gasteiger partial charge on any atom is 0.354 e. The van der Waals surface area contributed by atoms with Crippen LogP contribution in [0, 0.1) is 0 Å². The molecule has 0 unspecified atom stereocenters. The number of rotatable bonds is 6. The Bertz CT molecular complexity index is 677. The SMILES string of the molecule is CCc1ccc(OCCc2nc(C(=O)O)cc(=O)[nH]2)cc1. The van der Waals surface area contributed by atoms with Gasteiger partial charge in [0.05, 0.1) is 6.61 Å². The Hall–Kier alpha value is -2.63. The van der Waals surface area contributed by atoms with Crippen molar-refractivity contribution in [2.75, 3.05) is 6.61 Å². The zero-order chi connectivity index (χ0) is 15.2. The van der Waals surface area contributed by atoms with E-state index in [1.807, 2.05) is 24.3 Å². The number of nitrogens with zero attached hydrogens (tertiary/aromatic N) is 1. The fourth-order valence-electron chi connectivity index (χ4n) is 1.82. The van der Waals surface area contributed by atoms with E-state index in [0.29, 0.717) is 18.9 Å². The Morgan fingerprint density at radius 2 is 2.05 bits per heavy atom. The summed E-state index contributed by atoms with van der Waals surface area (Å²) in [4.78, 5) is 28.5. The van der Waals surface area contributed by atoms with Gasteiger partial charge in [-0.05, 0) is 24.1 Å². The van der Waals surface area contributed by atoms with E-state index in [1.54, 1.807) is 0 Å². The number of carbonyl (C=O) groups is 1. The molecule has 0 aliphatic rings. The first-order valence-electron chi connectivity index (χ1n) is 6.63. The number of benzene rings is 1. The Morgan fingerprint density at radius 1 is 1.33 bits per heavy atom. The van der Waals surface area contributed by atoms with Crippen LogP contribution in [0.3, 0.4) is 0 Å². The first-order chi connectivity index (χ1) is 10.1. The van der Waals surface area contributed by atoms with Crippen molar-refractivity contribution >= 4 is 5.97 Å². The summed E-state index contributed by atoms with van der Waals surface area (Å²) in [6.45, 7) is 2.38. The van der Waals surface area contributed by atoms with Crippen LogP contribution in [0.2, 0.25) is 0 Å². The second kappa shape index (κ2) is 6.69. The lowest BCUT2D eigenvalue weighted by Crippen LogP contribution is -2.17. The zero-order valence-corrected chi connectivity index (χ0v) is 11.6. The Morgan fingerprint density at radius 3 is 2.67 bits per heavy atom. The summed E-state index contributed by atoms with van der Waals surface area (Å²) in [6, 6.07) is 8.68. The van der Waals surface area contributed by atoms with Crippen LogP contribution in [0.15, 0.2) is 35.1 Å². The number of ether oxygens (including phenoxy) is 1. The van der Waals surface area contributed by atoms with Crippen molar-refractivity contribution in [2.24, 2.45) is 0 Å². The first-order valence-corrected chi connectivity index (χ1v) is 6.63. The monoisotopic (exact) mass is 288 g/mol. The third kappa shape index (κ3) is 4.17. The standard InChI is InChI=1S/C15H16N2O4/c1-2-10-3-5-11(6-4-10)21-8-7-13-16-12(15(19)20)9-14(18)17-13/h3-6,9H,2,7-8H2,1H3,(H,19,20)(H,16,17,18). The molecule has 1 aromatic heterocycles. The van der Waals surface area contributed by atoms with Gasteiger partial charge in [0, 0.05) is 12.5 Å². The highest BCUT2D eigenvalue weighted by molar-refractivity contribution is 5.85. The summed E-state index contributed by atoms with van der Waals surface area (Å²) in [5, 5.41) is 8.84. The quantitative estimate of drug-likeness (QED) is 0.843. The first kappa shape index (κ1) is 14.8. The number of hydrogen-bond acceptors (Lipinski definition) is 4. The fourth-order valence-corrected chi connectivity index (χ4v) is 1.82. The average Bonchev–Trinajstić information content (AvgIpc) is 2.47. The van der Waals surface area contributed by atoms with Crippen molar-refractivity contribution in [1.82, 2.24) is 9.97 Å². The maximum absolute atomic E-state index is 11.3. The van der Waals surface area contributed by atoms with E-state index in [1.165, 1.54) is 5.56 Å². The van der Waals surface area contributed by atoms with Gasteiger partial charge in [-0.1, -0.05) is 19.1 Å². The highest BCUT2D eigenvalue weighted by atomic mass is 16.5. The van der Waals surface area contributed by atoms with E-state index in [-0.39, 0.29) is 5.69 Å². The third-order valence-corrected chi connectivity index (χ3v) is 2.95. The van der Waals surface area contributed by atoms with Crippen molar-refractivity contribution < 1.29 is 14.6 Å². The van der Waals surface area contributed by atoms with Crippen LogP contribution in [-0.4, -0.2) is 27.7 Å². The molecule has 110 valence electrons.